The number of aliphatic hydroxyl groups excluding tert-OH is 1. The molecule has 2 aromatic carbocycles. The van der Waals surface area contributed by atoms with Gasteiger partial charge in [0.05, 0.1) is 17.2 Å². The number of carbonyl (C=O) groups is 2. The fraction of sp³-hybridized carbons (Fsp3) is 0.273. The van der Waals surface area contributed by atoms with E-state index in [0.717, 1.165) is 5.56 Å². The first-order valence-electron chi connectivity index (χ1n) is 9.43. The summed E-state index contributed by atoms with van der Waals surface area (Å²) in [4.78, 5) is 23.7. The molecule has 1 aliphatic rings. The van der Waals surface area contributed by atoms with Crippen LogP contribution in [0.4, 0.5) is 26.3 Å². The van der Waals surface area contributed by atoms with Crippen molar-refractivity contribution < 1.29 is 41.0 Å². The fourth-order valence-electron chi connectivity index (χ4n) is 3.46. The Bertz CT molecular complexity index is 1040. The molecule has 1 atom stereocenters. The minimum atomic E-state index is -5.04. The molecule has 1 aliphatic carbocycles. The van der Waals surface area contributed by atoms with E-state index in [4.69, 9.17) is 5.11 Å². The number of aliphatic hydroxyl groups is 1. The van der Waals surface area contributed by atoms with E-state index in [2.05, 4.69) is 5.32 Å². The molecule has 2 N–H and O–H groups in total. The van der Waals surface area contributed by atoms with Crippen molar-refractivity contribution in [2.75, 3.05) is 6.61 Å². The lowest BCUT2D eigenvalue weighted by atomic mass is 10.0. The van der Waals surface area contributed by atoms with Gasteiger partial charge in [-0.2, -0.15) is 26.3 Å². The van der Waals surface area contributed by atoms with Crippen LogP contribution in [0.3, 0.4) is 0 Å². The van der Waals surface area contributed by atoms with Gasteiger partial charge in [0, 0.05) is 5.56 Å². The van der Waals surface area contributed by atoms with Gasteiger partial charge in [-0.05, 0) is 53.8 Å². The Hall–Kier alpha value is -3.14. The van der Waals surface area contributed by atoms with Crippen molar-refractivity contribution in [1.82, 2.24) is 5.32 Å². The van der Waals surface area contributed by atoms with Crippen LogP contribution in [0.1, 0.15) is 50.6 Å². The molecule has 0 bridgehead atoms. The maximum absolute atomic E-state index is 13.0. The Morgan fingerprint density at radius 2 is 1.62 bits per heavy atom. The van der Waals surface area contributed by atoms with Crippen molar-refractivity contribution >= 4 is 17.8 Å². The Kier molecular flexibility index (Phi) is 6.45. The highest BCUT2D eigenvalue weighted by atomic mass is 19.4. The van der Waals surface area contributed by atoms with Gasteiger partial charge in [-0.25, -0.2) is 0 Å². The Labute approximate surface area is 178 Å². The van der Waals surface area contributed by atoms with Crippen LogP contribution in [0, 0.1) is 0 Å². The summed E-state index contributed by atoms with van der Waals surface area (Å²) < 4.78 is 78.2. The molecule has 0 saturated heterocycles. The third-order valence-electron chi connectivity index (χ3n) is 5.02. The van der Waals surface area contributed by atoms with E-state index in [1.807, 2.05) is 0 Å². The summed E-state index contributed by atoms with van der Waals surface area (Å²) in [6.07, 6.45) is -6.44. The third-order valence-corrected chi connectivity index (χ3v) is 5.02. The summed E-state index contributed by atoms with van der Waals surface area (Å²) in [6, 6.07) is 5.25. The third kappa shape index (κ3) is 5.37. The summed E-state index contributed by atoms with van der Waals surface area (Å²) in [5.74, 6) is -1.52. The predicted octanol–water partition coefficient (Wildman–Crippen LogP) is 4.72. The van der Waals surface area contributed by atoms with Crippen LogP contribution in [0.5, 0.6) is 0 Å². The summed E-state index contributed by atoms with van der Waals surface area (Å²) in [7, 11) is 0. The van der Waals surface area contributed by atoms with Gasteiger partial charge in [0.15, 0.2) is 5.78 Å². The van der Waals surface area contributed by atoms with Crippen LogP contribution >= 0.6 is 0 Å². The molecule has 4 nitrogen and oxygen atoms in total. The standard InChI is InChI=1S/C22H17F6NO3/c23-21(24,25)15-8-14(9-16(10-15)22(26,27)28)20(32)29-19-6-3-13-7-12(2-5-18(13)19)1-4-17(31)11-30/h1-2,4-5,7-10,19,30H,3,6,11H2,(H,29,32)/b4-1+. The zero-order chi connectivity index (χ0) is 23.7. The van der Waals surface area contributed by atoms with Crippen molar-refractivity contribution in [3.05, 3.63) is 75.9 Å². The predicted molar refractivity (Wildman–Crippen MR) is 103 cm³/mol. The average Bonchev–Trinajstić information content (AvgIpc) is 3.12. The topological polar surface area (TPSA) is 66.4 Å². The molecular weight excluding hydrogens is 440 g/mol. The monoisotopic (exact) mass is 457 g/mol. The number of aryl methyl sites for hydroxylation is 1. The molecule has 0 aromatic heterocycles. The first-order chi connectivity index (χ1) is 14.9. The van der Waals surface area contributed by atoms with Crippen molar-refractivity contribution in [3.63, 3.8) is 0 Å². The van der Waals surface area contributed by atoms with E-state index in [-0.39, 0.29) is 6.07 Å². The molecule has 0 radical (unpaired) electrons. The van der Waals surface area contributed by atoms with E-state index < -0.39 is 53.4 Å². The van der Waals surface area contributed by atoms with Crippen LogP contribution in [0.15, 0.2) is 42.5 Å². The number of hydrogen-bond acceptors (Lipinski definition) is 3. The molecule has 0 spiro atoms. The van der Waals surface area contributed by atoms with Gasteiger partial charge in [0.2, 0.25) is 0 Å². The summed E-state index contributed by atoms with van der Waals surface area (Å²) in [5.41, 5.74) is -1.66. The van der Waals surface area contributed by atoms with Crippen LogP contribution in [0.2, 0.25) is 0 Å². The number of hydrogen-bond donors (Lipinski definition) is 2. The number of nitrogens with one attached hydrogen (secondary N) is 1. The lowest BCUT2D eigenvalue weighted by Gasteiger charge is -2.17. The number of rotatable bonds is 5. The van der Waals surface area contributed by atoms with Crippen molar-refractivity contribution in [2.45, 2.75) is 31.2 Å². The Balaban J connectivity index is 1.84. The summed E-state index contributed by atoms with van der Waals surface area (Å²) in [5, 5.41) is 11.2. The minimum Gasteiger partial charge on any atom is -0.388 e. The highest BCUT2D eigenvalue weighted by Crippen LogP contribution is 2.37. The number of carbonyl (C=O) groups excluding carboxylic acids is 2. The number of alkyl halides is 6. The zero-order valence-corrected chi connectivity index (χ0v) is 16.3. The Morgan fingerprint density at radius 3 is 2.19 bits per heavy atom. The van der Waals surface area contributed by atoms with E-state index >= 15 is 0 Å². The first kappa shape index (κ1) is 23.5. The van der Waals surface area contributed by atoms with Gasteiger partial charge >= 0.3 is 12.4 Å². The second-order valence-corrected chi connectivity index (χ2v) is 7.28. The van der Waals surface area contributed by atoms with Gasteiger partial charge in [-0.3, -0.25) is 9.59 Å². The zero-order valence-electron chi connectivity index (χ0n) is 16.3. The SMILES string of the molecule is O=C(/C=C/c1ccc2c(c1)CCC2NC(=O)c1cc(C(F)(F)F)cc(C(F)(F)F)c1)CO. The Morgan fingerprint density at radius 1 is 1.00 bits per heavy atom. The molecule has 170 valence electrons. The van der Waals surface area contributed by atoms with Crippen LogP contribution in [-0.4, -0.2) is 23.4 Å². The molecular formula is C22H17F6NO3. The maximum Gasteiger partial charge on any atom is 0.416 e. The van der Waals surface area contributed by atoms with E-state index in [9.17, 15) is 35.9 Å². The van der Waals surface area contributed by atoms with Crippen LogP contribution in [-0.2, 0) is 23.6 Å². The average molecular weight is 457 g/mol. The molecule has 0 aliphatic heterocycles. The quantitative estimate of drug-likeness (QED) is 0.505. The highest BCUT2D eigenvalue weighted by Gasteiger charge is 2.37. The molecule has 3 rings (SSSR count). The summed E-state index contributed by atoms with van der Waals surface area (Å²) in [6.45, 7) is -0.624. The maximum atomic E-state index is 13.0. The van der Waals surface area contributed by atoms with Crippen molar-refractivity contribution in [1.29, 1.82) is 0 Å². The van der Waals surface area contributed by atoms with Crippen LogP contribution in [0.25, 0.3) is 6.08 Å². The second kappa shape index (κ2) is 8.78. The number of amides is 1. The number of benzene rings is 2. The smallest absolute Gasteiger partial charge is 0.388 e. The molecule has 2 aromatic rings. The van der Waals surface area contributed by atoms with Crippen molar-refractivity contribution in [3.8, 4) is 0 Å². The van der Waals surface area contributed by atoms with Gasteiger partial charge in [-0.1, -0.05) is 24.3 Å². The molecule has 0 fully saturated rings. The molecule has 1 unspecified atom stereocenters. The second-order valence-electron chi connectivity index (χ2n) is 7.28. The first-order valence-corrected chi connectivity index (χ1v) is 9.43. The normalized spacial score (nSPS) is 16.3. The van der Waals surface area contributed by atoms with Gasteiger partial charge < -0.3 is 10.4 Å². The van der Waals surface area contributed by atoms with E-state index in [0.29, 0.717) is 36.1 Å². The van der Waals surface area contributed by atoms with Gasteiger partial charge in [-0.15, -0.1) is 0 Å². The number of fused-ring (bicyclic) bond motifs is 1. The lowest BCUT2D eigenvalue weighted by Crippen LogP contribution is -2.28. The molecule has 10 heteroatoms. The lowest BCUT2D eigenvalue weighted by molar-refractivity contribution is -0.143. The fourth-order valence-corrected chi connectivity index (χ4v) is 3.46. The highest BCUT2D eigenvalue weighted by molar-refractivity contribution is 5.95. The molecule has 1 amide bonds. The largest absolute Gasteiger partial charge is 0.416 e. The number of ketones is 1. The minimum absolute atomic E-state index is 0.0295. The van der Waals surface area contributed by atoms with E-state index in [1.165, 1.54) is 12.2 Å². The van der Waals surface area contributed by atoms with Gasteiger partial charge in [0.1, 0.15) is 6.61 Å². The molecule has 32 heavy (non-hydrogen) atoms. The summed E-state index contributed by atoms with van der Waals surface area (Å²) >= 11 is 0. The number of halogens is 6. The van der Waals surface area contributed by atoms with E-state index in [1.54, 1.807) is 18.2 Å². The van der Waals surface area contributed by atoms with Gasteiger partial charge in [0.25, 0.3) is 5.91 Å². The van der Waals surface area contributed by atoms with Crippen molar-refractivity contribution in [2.24, 2.45) is 0 Å². The molecule has 0 heterocycles. The van der Waals surface area contributed by atoms with Crippen LogP contribution < -0.4 is 5.32 Å². The molecule has 0 saturated carbocycles.